The molecule has 2 N–H and O–H groups in total. The van der Waals surface area contributed by atoms with E-state index < -0.39 is 0 Å². The average molecular weight is 279 g/mol. The van der Waals surface area contributed by atoms with Crippen molar-refractivity contribution in [2.24, 2.45) is 5.73 Å². The van der Waals surface area contributed by atoms with E-state index >= 15 is 0 Å². The summed E-state index contributed by atoms with van der Waals surface area (Å²) < 4.78 is 0. The Balaban J connectivity index is 1.76. The summed E-state index contributed by atoms with van der Waals surface area (Å²) in [6, 6.07) is 1.50. The van der Waals surface area contributed by atoms with Crippen LogP contribution in [0.5, 0.6) is 0 Å². The Morgan fingerprint density at radius 3 is 2.45 bits per heavy atom. The largest absolute Gasteiger partial charge is 0.329 e. The number of hydrogen-bond acceptors (Lipinski definition) is 3. The third-order valence-corrected chi connectivity index (χ3v) is 6.21. The van der Waals surface area contributed by atoms with Crippen LogP contribution >= 0.6 is 0 Å². The summed E-state index contributed by atoms with van der Waals surface area (Å²) in [7, 11) is 0. The Kier molecular flexibility index (Phi) is 4.68. The van der Waals surface area contributed by atoms with E-state index in [1.54, 1.807) is 0 Å². The van der Waals surface area contributed by atoms with E-state index in [2.05, 4.69) is 16.7 Å². The molecule has 2 atom stereocenters. The van der Waals surface area contributed by atoms with Gasteiger partial charge < -0.3 is 5.73 Å². The Bertz CT molecular complexity index is 309. The molecule has 0 radical (unpaired) electrons. The van der Waals surface area contributed by atoms with Crippen molar-refractivity contribution in [1.82, 2.24) is 9.80 Å². The minimum atomic E-state index is 0.319. The quantitative estimate of drug-likeness (QED) is 0.789. The zero-order chi connectivity index (χ0) is 14.0. The molecule has 3 rings (SSSR count). The van der Waals surface area contributed by atoms with Gasteiger partial charge in [-0.25, -0.2) is 0 Å². The molecule has 2 heterocycles. The zero-order valence-corrected chi connectivity index (χ0v) is 13.3. The first-order chi connectivity index (χ1) is 9.75. The van der Waals surface area contributed by atoms with Gasteiger partial charge in [-0.05, 0) is 39.2 Å². The molecule has 0 bridgehead atoms. The SMILES string of the molecule is CC1CN2CCCCC2CN1C1(CN)CCCCCC1. The lowest BCUT2D eigenvalue weighted by molar-refractivity contribution is -0.0508. The second-order valence-corrected chi connectivity index (χ2v) is 7.49. The molecule has 0 aromatic carbocycles. The summed E-state index contributed by atoms with van der Waals surface area (Å²) in [6.45, 7) is 7.18. The van der Waals surface area contributed by atoms with Crippen LogP contribution in [0.25, 0.3) is 0 Å². The van der Waals surface area contributed by atoms with E-state index in [9.17, 15) is 0 Å². The highest BCUT2D eigenvalue weighted by Gasteiger charge is 2.43. The van der Waals surface area contributed by atoms with Crippen LogP contribution in [0.4, 0.5) is 0 Å². The molecule has 3 nitrogen and oxygen atoms in total. The van der Waals surface area contributed by atoms with Gasteiger partial charge in [0.05, 0.1) is 0 Å². The summed E-state index contributed by atoms with van der Waals surface area (Å²) in [6.07, 6.45) is 12.5. The fourth-order valence-corrected chi connectivity index (χ4v) is 5.01. The van der Waals surface area contributed by atoms with Gasteiger partial charge in [0.25, 0.3) is 0 Å². The zero-order valence-electron chi connectivity index (χ0n) is 13.3. The summed E-state index contributed by atoms with van der Waals surface area (Å²) in [5.74, 6) is 0. The van der Waals surface area contributed by atoms with E-state index in [0.717, 1.165) is 12.6 Å². The van der Waals surface area contributed by atoms with Gasteiger partial charge in [-0.3, -0.25) is 9.80 Å². The molecule has 1 aliphatic carbocycles. The van der Waals surface area contributed by atoms with Gasteiger partial charge in [0.15, 0.2) is 0 Å². The number of piperidine rings is 1. The van der Waals surface area contributed by atoms with E-state index in [4.69, 9.17) is 5.73 Å². The first-order valence-electron chi connectivity index (χ1n) is 8.96. The normalized spacial score (nSPS) is 36.3. The molecule has 2 unspecified atom stereocenters. The molecule has 0 aromatic heterocycles. The highest BCUT2D eigenvalue weighted by molar-refractivity contribution is 5.00. The molecule has 0 aromatic rings. The number of nitrogens with two attached hydrogens (primary N) is 1. The molecule has 2 saturated heterocycles. The molecule has 116 valence electrons. The molecular weight excluding hydrogens is 246 g/mol. The Morgan fingerprint density at radius 2 is 1.75 bits per heavy atom. The maximum atomic E-state index is 6.31. The molecule has 20 heavy (non-hydrogen) atoms. The van der Waals surface area contributed by atoms with Crippen molar-refractivity contribution in [3.05, 3.63) is 0 Å². The predicted molar refractivity (Wildman–Crippen MR) is 84.9 cm³/mol. The van der Waals surface area contributed by atoms with Crippen LogP contribution in [-0.2, 0) is 0 Å². The molecule has 2 aliphatic heterocycles. The van der Waals surface area contributed by atoms with E-state index in [-0.39, 0.29) is 0 Å². The summed E-state index contributed by atoms with van der Waals surface area (Å²) >= 11 is 0. The van der Waals surface area contributed by atoms with Crippen LogP contribution in [0.2, 0.25) is 0 Å². The molecular formula is C17H33N3. The first kappa shape index (κ1) is 14.8. The van der Waals surface area contributed by atoms with Gasteiger partial charge in [0.1, 0.15) is 0 Å². The van der Waals surface area contributed by atoms with Gasteiger partial charge >= 0.3 is 0 Å². The lowest BCUT2D eigenvalue weighted by atomic mass is 9.84. The van der Waals surface area contributed by atoms with Gasteiger partial charge in [-0.15, -0.1) is 0 Å². The van der Waals surface area contributed by atoms with Crippen LogP contribution in [0.15, 0.2) is 0 Å². The maximum absolute atomic E-state index is 6.31. The van der Waals surface area contributed by atoms with Crippen molar-refractivity contribution in [2.75, 3.05) is 26.2 Å². The number of fused-ring (bicyclic) bond motifs is 1. The standard InChI is InChI=1S/C17H33N3/c1-15-12-19-11-7-4-8-16(19)13-20(15)17(14-18)9-5-2-3-6-10-17/h15-16H,2-14,18H2,1H3. The monoisotopic (exact) mass is 279 g/mol. The lowest BCUT2D eigenvalue weighted by Gasteiger charge is -2.55. The van der Waals surface area contributed by atoms with Gasteiger partial charge in [-0.1, -0.05) is 32.1 Å². The van der Waals surface area contributed by atoms with Crippen LogP contribution in [0, 0.1) is 0 Å². The number of nitrogens with zero attached hydrogens (tertiary/aromatic N) is 2. The highest BCUT2D eigenvalue weighted by Crippen LogP contribution is 2.36. The minimum absolute atomic E-state index is 0.319. The predicted octanol–water partition coefficient (Wildman–Crippen LogP) is 2.60. The summed E-state index contributed by atoms with van der Waals surface area (Å²) in [4.78, 5) is 5.59. The van der Waals surface area contributed by atoms with Crippen molar-refractivity contribution in [1.29, 1.82) is 0 Å². The van der Waals surface area contributed by atoms with E-state index in [0.29, 0.717) is 11.6 Å². The van der Waals surface area contributed by atoms with Gasteiger partial charge in [-0.2, -0.15) is 0 Å². The number of piperazine rings is 1. The minimum Gasteiger partial charge on any atom is -0.329 e. The van der Waals surface area contributed by atoms with Gasteiger partial charge in [0, 0.05) is 37.3 Å². The Hall–Kier alpha value is -0.120. The van der Waals surface area contributed by atoms with Crippen LogP contribution in [-0.4, -0.2) is 53.6 Å². The molecule has 3 heteroatoms. The van der Waals surface area contributed by atoms with Crippen molar-refractivity contribution >= 4 is 0 Å². The van der Waals surface area contributed by atoms with Crippen molar-refractivity contribution in [3.63, 3.8) is 0 Å². The second kappa shape index (κ2) is 6.33. The smallest absolute Gasteiger partial charge is 0.0335 e. The topological polar surface area (TPSA) is 32.5 Å². The summed E-state index contributed by atoms with van der Waals surface area (Å²) in [5.41, 5.74) is 6.63. The number of hydrogen-bond donors (Lipinski definition) is 1. The molecule has 1 saturated carbocycles. The van der Waals surface area contributed by atoms with Gasteiger partial charge in [0.2, 0.25) is 0 Å². The second-order valence-electron chi connectivity index (χ2n) is 7.49. The van der Waals surface area contributed by atoms with Crippen molar-refractivity contribution in [2.45, 2.75) is 82.3 Å². The molecule has 0 amide bonds. The molecule has 0 spiro atoms. The Morgan fingerprint density at radius 1 is 1.00 bits per heavy atom. The molecule has 3 fully saturated rings. The Labute approximate surface area is 124 Å². The molecule has 3 aliphatic rings. The third-order valence-electron chi connectivity index (χ3n) is 6.21. The lowest BCUT2D eigenvalue weighted by Crippen LogP contribution is -2.67. The van der Waals surface area contributed by atoms with Crippen LogP contribution < -0.4 is 5.73 Å². The van der Waals surface area contributed by atoms with Crippen molar-refractivity contribution < 1.29 is 0 Å². The van der Waals surface area contributed by atoms with Crippen molar-refractivity contribution in [3.8, 4) is 0 Å². The van der Waals surface area contributed by atoms with Crippen LogP contribution in [0.3, 0.4) is 0 Å². The highest BCUT2D eigenvalue weighted by atomic mass is 15.3. The maximum Gasteiger partial charge on any atom is 0.0335 e. The average Bonchev–Trinajstić information content (AvgIpc) is 2.73. The van der Waals surface area contributed by atoms with Crippen LogP contribution in [0.1, 0.15) is 64.7 Å². The third kappa shape index (κ3) is 2.77. The van der Waals surface area contributed by atoms with E-state index in [1.807, 2.05) is 0 Å². The fraction of sp³-hybridized carbons (Fsp3) is 1.00. The first-order valence-corrected chi connectivity index (χ1v) is 8.96. The number of rotatable bonds is 2. The van der Waals surface area contributed by atoms with E-state index in [1.165, 1.54) is 77.4 Å². The fourth-order valence-electron chi connectivity index (χ4n) is 5.01. The summed E-state index contributed by atoms with van der Waals surface area (Å²) in [5, 5.41) is 0.